The van der Waals surface area contributed by atoms with Crippen molar-refractivity contribution >= 4 is 17.5 Å². The largest absolute Gasteiger partial charge is 0.508 e. The van der Waals surface area contributed by atoms with E-state index in [1.165, 1.54) is 6.07 Å². The number of hydrogen-bond donors (Lipinski definition) is 4. The Morgan fingerprint density at radius 1 is 1.00 bits per heavy atom. The van der Waals surface area contributed by atoms with Crippen molar-refractivity contribution in [3.05, 3.63) is 46.0 Å². The maximum atomic E-state index is 13.1. The Labute approximate surface area is 162 Å². The number of benzene rings is 2. The molecule has 0 aromatic heterocycles. The van der Waals surface area contributed by atoms with Crippen molar-refractivity contribution in [1.82, 2.24) is 0 Å². The molecule has 2 atom stereocenters. The van der Waals surface area contributed by atoms with Gasteiger partial charge in [0.1, 0.15) is 23.0 Å². The molecule has 148 valence electrons. The van der Waals surface area contributed by atoms with Gasteiger partial charge < -0.3 is 29.9 Å². The van der Waals surface area contributed by atoms with Crippen molar-refractivity contribution in [2.45, 2.75) is 31.2 Å². The van der Waals surface area contributed by atoms with Gasteiger partial charge in [-0.25, -0.2) is 4.79 Å². The molecule has 1 fully saturated rings. The zero-order valence-electron chi connectivity index (χ0n) is 15.0. The molecule has 9 nitrogen and oxygen atoms in total. The van der Waals surface area contributed by atoms with Crippen LogP contribution in [0.3, 0.4) is 0 Å². The second-order valence-corrected chi connectivity index (χ2v) is 7.54. The summed E-state index contributed by atoms with van der Waals surface area (Å²) in [5.41, 5.74) is -3.43. The van der Waals surface area contributed by atoms with E-state index >= 15 is 0 Å². The van der Waals surface area contributed by atoms with E-state index < -0.39 is 51.7 Å². The van der Waals surface area contributed by atoms with Crippen molar-refractivity contribution in [1.29, 1.82) is 0 Å². The number of phenols is 3. The summed E-state index contributed by atoms with van der Waals surface area (Å²) in [5.74, 6) is -6.06. The van der Waals surface area contributed by atoms with Crippen LogP contribution >= 0.6 is 0 Å². The third-order valence-corrected chi connectivity index (χ3v) is 5.71. The number of fused-ring (bicyclic) bond motifs is 6. The lowest BCUT2D eigenvalue weighted by atomic mass is 9.79. The smallest absolute Gasteiger partial charge is 0.341 e. The van der Waals surface area contributed by atoms with E-state index in [1.807, 2.05) is 0 Å². The maximum absolute atomic E-state index is 13.1. The van der Waals surface area contributed by atoms with E-state index in [9.17, 15) is 34.8 Å². The number of ketones is 2. The minimum absolute atomic E-state index is 0.00394. The van der Waals surface area contributed by atoms with Crippen molar-refractivity contribution in [2.24, 2.45) is 0 Å². The Morgan fingerprint density at radius 2 is 1.69 bits per heavy atom. The van der Waals surface area contributed by atoms with E-state index in [1.54, 1.807) is 6.92 Å². The summed E-state index contributed by atoms with van der Waals surface area (Å²) in [6.07, 6.45) is 0.213. The molecule has 3 aliphatic rings. The molecule has 2 heterocycles. The molecule has 9 heteroatoms. The Bertz CT molecular complexity index is 1180. The number of hydrogen-bond acceptors (Lipinski definition) is 8. The van der Waals surface area contributed by atoms with Crippen LogP contribution in [0.1, 0.15) is 57.2 Å². The molecule has 0 saturated carbocycles. The quantitative estimate of drug-likeness (QED) is 0.481. The topological polar surface area (TPSA) is 151 Å². The number of aliphatic carboxylic acids is 1. The Kier molecular flexibility index (Phi) is 3.06. The molecule has 1 saturated heterocycles. The van der Waals surface area contributed by atoms with Gasteiger partial charge in [0.05, 0.1) is 16.7 Å². The van der Waals surface area contributed by atoms with Crippen LogP contribution in [0.2, 0.25) is 0 Å². The lowest BCUT2D eigenvalue weighted by Crippen LogP contribution is -2.46. The standard InChI is InChI=1S/C20H14O9/c1-19-2-3-20(29-19,18(26)27)14-11(28-19)6-9-13(17(14)25)16(24)12-8(15(9)23)4-7(21)5-10(12)22/h4-6,21-22,25H,2-3H2,1H3,(H,26,27)/t19-,20-/m1/s1. The number of carboxylic acid groups (broad SMARTS) is 1. The zero-order chi connectivity index (χ0) is 20.9. The number of carboxylic acids is 1. The Hall–Kier alpha value is -3.59. The molecule has 0 radical (unpaired) electrons. The molecule has 4 N–H and O–H groups in total. The number of phenolic OH excluding ortho intramolecular Hbond substituents is 3. The van der Waals surface area contributed by atoms with Crippen LogP contribution in [-0.4, -0.2) is 43.7 Å². The van der Waals surface area contributed by atoms with E-state index in [2.05, 4.69) is 0 Å². The predicted octanol–water partition coefficient (Wildman–Crippen LogP) is 1.78. The van der Waals surface area contributed by atoms with Gasteiger partial charge in [-0.1, -0.05) is 0 Å². The number of ether oxygens (including phenoxy) is 2. The van der Waals surface area contributed by atoms with Crippen LogP contribution in [0.25, 0.3) is 0 Å². The van der Waals surface area contributed by atoms with Crippen LogP contribution in [0.5, 0.6) is 23.0 Å². The summed E-state index contributed by atoms with van der Waals surface area (Å²) >= 11 is 0. The van der Waals surface area contributed by atoms with Gasteiger partial charge in [0.2, 0.25) is 17.2 Å². The highest BCUT2D eigenvalue weighted by atomic mass is 16.7. The molecular formula is C20H14O9. The minimum Gasteiger partial charge on any atom is -0.508 e. The van der Waals surface area contributed by atoms with Crippen LogP contribution in [0, 0.1) is 0 Å². The minimum atomic E-state index is -1.93. The average Bonchev–Trinajstić information content (AvgIpc) is 2.91. The maximum Gasteiger partial charge on any atom is 0.341 e. The summed E-state index contributed by atoms with van der Waals surface area (Å²) < 4.78 is 11.4. The highest BCUT2D eigenvalue weighted by Crippen LogP contribution is 2.57. The monoisotopic (exact) mass is 398 g/mol. The fourth-order valence-electron chi connectivity index (χ4n) is 4.44. The van der Waals surface area contributed by atoms with Gasteiger partial charge in [0, 0.05) is 30.5 Å². The lowest BCUT2D eigenvalue weighted by molar-refractivity contribution is -0.226. The first-order chi connectivity index (χ1) is 13.6. The molecule has 2 aromatic rings. The predicted molar refractivity (Wildman–Crippen MR) is 93.4 cm³/mol. The molecule has 2 aliphatic heterocycles. The van der Waals surface area contributed by atoms with Gasteiger partial charge in [-0.05, 0) is 18.6 Å². The third kappa shape index (κ3) is 1.99. The molecule has 1 aliphatic carbocycles. The van der Waals surface area contributed by atoms with Crippen LogP contribution in [0.4, 0.5) is 0 Å². The summed E-state index contributed by atoms with van der Waals surface area (Å²) in [6, 6.07) is 3.15. The number of carbonyl (C=O) groups excluding carboxylic acids is 2. The van der Waals surface area contributed by atoms with Crippen molar-refractivity contribution in [3.63, 3.8) is 0 Å². The highest BCUT2D eigenvalue weighted by Gasteiger charge is 2.61. The van der Waals surface area contributed by atoms with Crippen LogP contribution in [0.15, 0.2) is 18.2 Å². The summed E-state index contributed by atoms with van der Waals surface area (Å²) in [4.78, 5) is 38.1. The summed E-state index contributed by atoms with van der Waals surface area (Å²) in [6.45, 7) is 1.55. The van der Waals surface area contributed by atoms with Gasteiger partial charge in [-0.2, -0.15) is 0 Å². The van der Waals surface area contributed by atoms with Gasteiger partial charge in [0.25, 0.3) is 0 Å². The van der Waals surface area contributed by atoms with Gasteiger partial charge in [0.15, 0.2) is 5.78 Å². The van der Waals surface area contributed by atoms with E-state index in [4.69, 9.17) is 9.47 Å². The van der Waals surface area contributed by atoms with Crippen molar-refractivity contribution in [2.75, 3.05) is 0 Å². The molecular weight excluding hydrogens is 384 g/mol. The zero-order valence-corrected chi connectivity index (χ0v) is 15.0. The lowest BCUT2D eigenvalue weighted by Gasteiger charge is -2.38. The van der Waals surface area contributed by atoms with Crippen LogP contribution in [-0.2, 0) is 15.1 Å². The first-order valence-corrected chi connectivity index (χ1v) is 8.76. The van der Waals surface area contributed by atoms with Gasteiger partial charge >= 0.3 is 5.97 Å². The molecule has 0 unspecified atom stereocenters. The van der Waals surface area contributed by atoms with Gasteiger partial charge in [-0.15, -0.1) is 0 Å². The number of carbonyl (C=O) groups is 3. The molecule has 29 heavy (non-hydrogen) atoms. The molecule has 0 spiro atoms. The van der Waals surface area contributed by atoms with E-state index in [0.717, 1.165) is 12.1 Å². The molecule has 5 rings (SSSR count). The van der Waals surface area contributed by atoms with Crippen LogP contribution < -0.4 is 4.74 Å². The SMILES string of the molecule is C[C@]12CC[C@@](C(=O)O)(O1)c1c(cc3c(c1O)C(=O)c1c(O)cc(O)cc1C3=O)O2. The molecule has 2 aromatic carbocycles. The first kappa shape index (κ1) is 17.5. The summed E-state index contributed by atoms with van der Waals surface area (Å²) in [5, 5.41) is 40.6. The van der Waals surface area contributed by atoms with E-state index in [-0.39, 0.29) is 40.8 Å². The van der Waals surface area contributed by atoms with Crippen molar-refractivity contribution in [3.8, 4) is 23.0 Å². The normalized spacial score (nSPS) is 26.4. The first-order valence-electron chi connectivity index (χ1n) is 8.76. The Morgan fingerprint density at radius 3 is 2.38 bits per heavy atom. The number of aromatic hydroxyl groups is 3. The fourth-order valence-corrected chi connectivity index (χ4v) is 4.44. The fraction of sp³-hybridized carbons (Fsp3) is 0.250. The molecule has 2 bridgehead atoms. The second kappa shape index (κ2) is 5.06. The Balaban J connectivity index is 1.84. The van der Waals surface area contributed by atoms with Crippen molar-refractivity contribution < 1.29 is 44.3 Å². The third-order valence-electron chi connectivity index (χ3n) is 5.71. The highest BCUT2D eigenvalue weighted by molar-refractivity contribution is 6.30. The van der Waals surface area contributed by atoms with E-state index in [0.29, 0.717) is 0 Å². The van der Waals surface area contributed by atoms with Gasteiger partial charge in [-0.3, -0.25) is 9.59 Å². The second-order valence-electron chi connectivity index (χ2n) is 7.54. The molecule has 0 amide bonds. The number of rotatable bonds is 1. The summed E-state index contributed by atoms with van der Waals surface area (Å²) in [7, 11) is 0. The average molecular weight is 398 g/mol.